The molecule has 5 nitrogen and oxygen atoms in total. The molecule has 0 aliphatic carbocycles. The summed E-state index contributed by atoms with van der Waals surface area (Å²) in [7, 11) is 2.11. The number of hydrogen-bond acceptors (Lipinski definition) is 3. The lowest BCUT2D eigenvalue weighted by atomic mass is 10.1. The Balaban J connectivity index is 2.54. The summed E-state index contributed by atoms with van der Waals surface area (Å²) in [4.78, 5) is 4.22. The third-order valence-electron chi connectivity index (χ3n) is 2.67. The minimum Gasteiger partial charge on any atom is -0.408 e. The van der Waals surface area contributed by atoms with Crippen molar-refractivity contribution < 1.29 is 5.21 Å². The Labute approximate surface area is 78.8 Å². The van der Waals surface area contributed by atoms with E-state index in [1.54, 1.807) is 0 Å². The maximum absolute atomic E-state index is 8.52. The topological polar surface area (TPSA) is 65.1 Å². The number of likely N-dealkylation sites (N-methyl/N-ethyl adjacent to an activating group) is 1. The van der Waals surface area contributed by atoms with Crippen LogP contribution in [0.15, 0.2) is 5.16 Å². The van der Waals surface area contributed by atoms with Gasteiger partial charge < -0.3 is 15.8 Å². The van der Waals surface area contributed by atoms with Gasteiger partial charge in [0.2, 0.25) is 5.96 Å². The molecule has 0 aromatic rings. The second-order valence-corrected chi connectivity index (χ2v) is 3.45. The molecule has 1 unspecified atom stereocenters. The summed E-state index contributed by atoms with van der Waals surface area (Å²) in [6.07, 6.45) is 1.09. The Morgan fingerprint density at radius 3 is 2.85 bits per heavy atom. The van der Waals surface area contributed by atoms with Crippen LogP contribution in [0.5, 0.6) is 0 Å². The Hall–Kier alpha value is -0.970. The quantitative estimate of drug-likeness (QED) is 0.256. The molecule has 1 saturated heterocycles. The van der Waals surface area contributed by atoms with E-state index in [2.05, 4.69) is 24.0 Å². The van der Waals surface area contributed by atoms with E-state index in [-0.39, 0.29) is 5.96 Å². The summed E-state index contributed by atoms with van der Waals surface area (Å²) in [6, 6.07) is 0.508. The van der Waals surface area contributed by atoms with Crippen LogP contribution in [0.25, 0.3) is 0 Å². The first-order valence-electron chi connectivity index (χ1n) is 4.61. The average molecular weight is 186 g/mol. The Morgan fingerprint density at radius 1 is 1.62 bits per heavy atom. The predicted octanol–water partition coefficient (Wildman–Crippen LogP) is -0.284. The van der Waals surface area contributed by atoms with Gasteiger partial charge in [-0.1, -0.05) is 12.1 Å². The molecule has 0 bridgehead atoms. The molecule has 76 valence electrons. The molecule has 3 N–H and O–H groups in total. The van der Waals surface area contributed by atoms with Crippen LogP contribution in [-0.4, -0.2) is 53.7 Å². The zero-order chi connectivity index (χ0) is 9.84. The average Bonchev–Trinajstić information content (AvgIpc) is 2.17. The van der Waals surface area contributed by atoms with E-state index in [0.29, 0.717) is 6.04 Å². The van der Waals surface area contributed by atoms with Crippen molar-refractivity contribution in [3.63, 3.8) is 0 Å². The molecule has 1 rings (SSSR count). The fraction of sp³-hybridized carbons (Fsp3) is 0.875. The van der Waals surface area contributed by atoms with Crippen molar-refractivity contribution in [3.05, 3.63) is 0 Å². The Bertz CT molecular complexity index is 195. The van der Waals surface area contributed by atoms with Crippen LogP contribution < -0.4 is 5.73 Å². The number of rotatable bonds is 1. The number of guanidine groups is 1. The zero-order valence-corrected chi connectivity index (χ0v) is 8.27. The van der Waals surface area contributed by atoms with E-state index in [1.165, 1.54) is 0 Å². The molecule has 0 aromatic carbocycles. The van der Waals surface area contributed by atoms with Crippen molar-refractivity contribution >= 4 is 5.96 Å². The summed E-state index contributed by atoms with van der Waals surface area (Å²) in [5.41, 5.74) is 5.52. The van der Waals surface area contributed by atoms with Crippen LogP contribution in [0, 0.1) is 0 Å². The van der Waals surface area contributed by atoms with Crippen molar-refractivity contribution in [1.82, 2.24) is 9.80 Å². The largest absolute Gasteiger partial charge is 0.408 e. The SMILES string of the molecule is CCC1CN(/C(N)=N/O)CCN1C. The van der Waals surface area contributed by atoms with Gasteiger partial charge >= 0.3 is 0 Å². The first-order chi connectivity index (χ1) is 6.19. The van der Waals surface area contributed by atoms with E-state index in [0.717, 1.165) is 26.1 Å². The maximum Gasteiger partial charge on any atom is 0.233 e. The molecular weight excluding hydrogens is 168 g/mol. The van der Waals surface area contributed by atoms with Gasteiger partial charge in [0.05, 0.1) is 0 Å². The van der Waals surface area contributed by atoms with Gasteiger partial charge in [-0.2, -0.15) is 0 Å². The van der Waals surface area contributed by atoms with E-state index in [9.17, 15) is 0 Å². The molecule has 1 atom stereocenters. The van der Waals surface area contributed by atoms with Gasteiger partial charge in [-0.25, -0.2) is 0 Å². The van der Waals surface area contributed by atoms with Crippen LogP contribution in [0.3, 0.4) is 0 Å². The van der Waals surface area contributed by atoms with Crippen LogP contribution in [-0.2, 0) is 0 Å². The molecule has 1 aliphatic heterocycles. The maximum atomic E-state index is 8.52. The van der Waals surface area contributed by atoms with Crippen LogP contribution >= 0.6 is 0 Å². The molecule has 1 aliphatic rings. The van der Waals surface area contributed by atoms with Gasteiger partial charge in [-0.3, -0.25) is 4.90 Å². The molecule has 0 aromatic heterocycles. The van der Waals surface area contributed by atoms with Crippen molar-refractivity contribution in [2.45, 2.75) is 19.4 Å². The molecule has 0 radical (unpaired) electrons. The summed E-state index contributed by atoms with van der Waals surface area (Å²) in [5, 5.41) is 11.5. The minimum atomic E-state index is 0.228. The summed E-state index contributed by atoms with van der Waals surface area (Å²) < 4.78 is 0. The Kier molecular flexibility index (Phi) is 3.36. The van der Waals surface area contributed by atoms with Crippen molar-refractivity contribution in [2.75, 3.05) is 26.7 Å². The van der Waals surface area contributed by atoms with Crippen LogP contribution in [0.1, 0.15) is 13.3 Å². The van der Waals surface area contributed by atoms with Gasteiger partial charge in [0.1, 0.15) is 0 Å². The van der Waals surface area contributed by atoms with E-state index in [4.69, 9.17) is 10.9 Å². The normalized spacial score (nSPS) is 26.5. The number of piperazine rings is 1. The van der Waals surface area contributed by atoms with Gasteiger partial charge in [-0.05, 0) is 13.5 Å². The Morgan fingerprint density at radius 2 is 2.31 bits per heavy atom. The minimum absolute atomic E-state index is 0.228. The fourth-order valence-corrected chi connectivity index (χ4v) is 1.66. The standard InChI is InChI=1S/C8H18N4O/c1-3-7-6-12(8(9)10-13)5-4-11(7)2/h7,13H,3-6H2,1-2H3,(H2,9,10). The highest BCUT2D eigenvalue weighted by atomic mass is 16.4. The highest BCUT2D eigenvalue weighted by Crippen LogP contribution is 2.09. The number of nitrogens with two attached hydrogens (primary N) is 1. The smallest absolute Gasteiger partial charge is 0.233 e. The number of nitrogens with zero attached hydrogens (tertiary/aromatic N) is 3. The molecule has 0 spiro atoms. The highest BCUT2D eigenvalue weighted by Gasteiger charge is 2.23. The second kappa shape index (κ2) is 4.32. The molecule has 1 fully saturated rings. The molecule has 13 heavy (non-hydrogen) atoms. The lowest BCUT2D eigenvalue weighted by Gasteiger charge is -2.39. The van der Waals surface area contributed by atoms with Gasteiger partial charge in [0.25, 0.3) is 0 Å². The predicted molar refractivity (Wildman–Crippen MR) is 51.7 cm³/mol. The summed E-state index contributed by atoms with van der Waals surface area (Å²) in [5.74, 6) is 0.228. The van der Waals surface area contributed by atoms with Crippen molar-refractivity contribution in [3.8, 4) is 0 Å². The second-order valence-electron chi connectivity index (χ2n) is 3.45. The molecule has 0 amide bonds. The lowest BCUT2D eigenvalue weighted by molar-refractivity contribution is 0.133. The van der Waals surface area contributed by atoms with E-state index >= 15 is 0 Å². The lowest BCUT2D eigenvalue weighted by Crippen LogP contribution is -2.54. The third kappa shape index (κ3) is 2.24. The van der Waals surface area contributed by atoms with Crippen LogP contribution in [0.2, 0.25) is 0 Å². The summed E-state index contributed by atoms with van der Waals surface area (Å²) in [6.45, 7) is 4.80. The van der Waals surface area contributed by atoms with Gasteiger partial charge in [0, 0.05) is 25.7 Å². The first kappa shape index (κ1) is 10.1. The fourth-order valence-electron chi connectivity index (χ4n) is 1.66. The zero-order valence-electron chi connectivity index (χ0n) is 8.27. The number of hydrogen-bond donors (Lipinski definition) is 2. The van der Waals surface area contributed by atoms with Gasteiger partial charge in [0.15, 0.2) is 0 Å². The van der Waals surface area contributed by atoms with Crippen molar-refractivity contribution in [1.29, 1.82) is 0 Å². The first-order valence-corrected chi connectivity index (χ1v) is 4.61. The molecular formula is C8H18N4O. The van der Waals surface area contributed by atoms with E-state index in [1.807, 2.05) is 4.90 Å². The van der Waals surface area contributed by atoms with Crippen LogP contribution in [0.4, 0.5) is 0 Å². The van der Waals surface area contributed by atoms with Gasteiger partial charge in [-0.15, -0.1) is 0 Å². The molecule has 5 heteroatoms. The highest BCUT2D eigenvalue weighted by molar-refractivity contribution is 5.77. The molecule has 0 saturated carbocycles. The number of oxime groups is 1. The third-order valence-corrected chi connectivity index (χ3v) is 2.67. The summed E-state index contributed by atoms with van der Waals surface area (Å²) >= 11 is 0. The van der Waals surface area contributed by atoms with Crippen molar-refractivity contribution in [2.24, 2.45) is 10.9 Å². The molecule has 1 heterocycles. The monoisotopic (exact) mass is 186 g/mol. The van der Waals surface area contributed by atoms with E-state index < -0.39 is 0 Å².